The minimum absolute atomic E-state index is 0.141. The molecule has 1 saturated heterocycles. The summed E-state index contributed by atoms with van der Waals surface area (Å²) in [6.07, 6.45) is 0.462. The van der Waals surface area contributed by atoms with Gasteiger partial charge in [0.2, 0.25) is 5.91 Å². The summed E-state index contributed by atoms with van der Waals surface area (Å²) in [5, 5.41) is 0. The van der Waals surface area contributed by atoms with E-state index in [-0.39, 0.29) is 23.9 Å². The van der Waals surface area contributed by atoms with Crippen LogP contribution in [-0.4, -0.2) is 18.0 Å². The van der Waals surface area contributed by atoms with Crippen LogP contribution in [0.2, 0.25) is 0 Å². The summed E-state index contributed by atoms with van der Waals surface area (Å²) >= 11 is 0. The molecule has 1 rings (SSSR count). The first-order valence-corrected chi connectivity index (χ1v) is 4.93. The van der Waals surface area contributed by atoms with Crippen LogP contribution in [0.25, 0.3) is 0 Å². The number of nitrogens with two attached hydrogens (primary N) is 1. The number of hydrogen-bond acceptors (Lipinski definition) is 3. The van der Waals surface area contributed by atoms with Crippen LogP contribution in [0.5, 0.6) is 0 Å². The minimum Gasteiger partial charge on any atom is -0.460 e. The highest BCUT2D eigenvalue weighted by atomic mass is 16.6. The Morgan fingerprint density at radius 3 is 2.43 bits per heavy atom. The predicted molar refractivity (Wildman–Crippen MR) is 51.2 cm³/mol. The Morgan fingerprint density at radius 1 is 1.50 bits per heavy atom. The molecule has 4 heteroatoms. The van der Waals surface area contributed by atoms with Crippen molar-refractivity contribution in [2.45, 2.75) is 33.3 Å². The SMILES string of the molecule is CC(C)C[C@H]1C(=O)O[C@H]1[C@@H](C)C(N)=O. The molecule has 0 aromatic rings. The van der Waals surface area contributed by atoms with Crippen molar-refractivity contribution in [3.8, 4) is 0 Å². The van der Waals surface area contributed by atoms with E-state index in [9.17, 15) is 9.59 Å². The summed E-state index contributed by atoms with van der Waals surface area (Å²) in [6, 6.07) is 0. The van der Waals surface area contributed by atoms with Crippen LogP contribution in [0, 0.1) is 17.8 Å². The van der Waals surface area contributed by atoms with E-state index in [1.54, 1.807) is 6.92 Å². The summed E-state index contributed by atoms with van der Waals surface area (Å²) in [6.45, 7) is 5.78. The fraction of sp³-hybridized carbons (Fsp3) is 0.800. The highest BCUT2D eigenvalue weighted by Gasteiger charge is 2.46. The number of primary amides is 1. The third-order valence-corrected chi connectivity index (χ3v) is 2.62. The van der Waals surface area contributed by atoms with Gasteiger partial charge in [0.05, 0.1) is 11.8 Å². The zero-order chi connectivity index (χ0) is 10.9. The zero-order valence-corrected chi connectivity index (χ0v) is 8.82. The third-order valence-electron chi connectivity index (χ3n) is 2.62. The number of esters is 1. The molecule has 0 unspecified atom stereocenters. The van der Waals surface area contributed by atoms with Gasteiger partial charge in [-0.15, -0.1) is 0 Å². The van der Waals surface area contributed by atoms with Crippen molar-refractivity contribution in [3.05, 3.63) is 0 Å². The van der Waals surface area contributed by atoms with Gasteiger partial charge in [-0.05, 0) is 12.3 Å². The monoisotopic (exact) mass is 199 g/mol. The molecule has 1 heterocycles. The quantitative estimate of drug-likeness (QED) is 0.677. The standard InChI is InChI=1S/C10H17NO3/c1-5(2)4-7-8(14-10(7)13)6(3)9(11)12/h5-8H,4H2,1-3H3,(H2,11,12)/t6-,7-,8+/m1/s1. The molecule has 0 aliphatic carbocycles. The molecule has 4 nitrogen and oxygen atoms in total. The lowest BCUT2D eigenvalue weighted by molar-refractivity contribution is -0.192. The van der Waals surface area contributed by atoms with Gasteiger partial charge in [-0.1, -0.05) is 20.8 Å². The fourth-order valence-electron chi connectivity index (χ4n) is 1.72. The molecule has 2 N–H and O–H groups in total. The lowest BCUT2D eigenvalue weighted by atomic mass is 9.82. The molecule has 1 aliphatic rings. The molecule has 14 heavy (non-hydrogen) atoms. The molecule has 0 spiro atoms. The van der Waals surface area contributed by atoms with Crippen LogP contribution < -0.4 is 5.73 Å². The smallest absolute Gasteiger partial charge is 0.313 e. The molecule has 0 radical (unpaired) electrons. The number of rotatable bonds is 4. The van der Waals surface area contributed by atoms with Crippen LogP contribution in [-0.2, 0) is 14.3 Å². The van der Waals surface area contributed by atoms with Gasteiger partial charge in [-0.25, -0.2) is 0 Å². The fourth-order valence-corrected chi connectivity index (χ4v) is 1.72. The van der Waals surface area contributed by atoms with Crippen molar-refractivity contribution in [1.82, 2.24) is 0 Å². The first-order valence-electron chi connectivity index (χ1n) is 4.93. The molecule has 1 amide bonds. The maximum absolute atomic E-state index is 11.1. The van der Waals surface area contributed by atoms with Crippen LogP contribution in [0.3, 0.4) is 0 Å². The van der Waals surface area contributed by atoms with Crippen molar-refractivity contribution >= 4 is 11.9 Å². The molecular formula is C10H17NO3. The Morgan fingerprint density at radius 2 is 2.07 bits per heavy atom. The predicted octanol–water partition coefficient (Wildman–Crippen LogP) is 0.695. The van der Waals surface area contributed by atoms with Gasteiger partial charge in [-0.3, -0.25) is 9.59 Å². The molecule has 0 aromatic carbocycles. The van der Waals surface area contributed by atoms with Gasteiger partial charge >= 0.3 is 5.97 Å². The van der Waals surface area contributed by atoms with Crippen LogP contribution >= 0.6 is 0 Å². The Kier molecular flexibility index (Phi) is 3.13. The van der Waals surface area contributed by atoms with E-state index >= 15 is 0 Å². The van der Waals surface area contributed by atoms with Crippen molar-refractivity contribution < 1.29 is 14.3 Å². The van der Waals surface area contributed by atoms with Crippen molar-refractivity contribution in [2.75, 3.05) is 0 Å². The van der Waals surface area contributed by atoms with Crippen LogP contribution in [0.15, 0.2) is 0 Å². The minimum atomic E-state index is -0.406. The van der Waals surface area contributed by atoms with Crippen molar-refractivity contribution in [3.63, 3.8) is 0 Å². The highest BCUT2D eigenvalue weighted by Crippen LogP contribution is 2.33. The Balaban J connectivity index is 2.56. The van der Waals surface area contributed by atoms with Crippen LogP contribution in [0.1, 0.15) is 27.2 Å². The van der Waals surface area contributed by atoms with Crippen molar-refractivity contribution in [1.29, 1.82) is 0 Å². The van der Waals surface area contributed by atoms with E-state index in [1.807, 2.05) is 13.8 Å². The lowest BCUT2D eigenvalue weighted by Gasteiger charge is -2.38. The first kappa shape index (κ1) is 11.0. The zero-order valence-electron chi connectivity index (χ0n) is 8.82. The summed E-state index contributed by atoms with van der Waals surface area (Å²) in [5.41, 5.74) is 5.15. The second-order valence-electron chi connectivity index (χ2n) is 4.33. The van der Waals surface area contributed by atoms with Gasteiger partial charge in [-0.2, -0.15) is 0 Å². The Bertz CT molecular complexity index is 250. The number of ether oxygens (including phenoxy) is 1. The average Bonchev–Trinajstić information content (AvgIpc) is 2.09. The summed E-state index contributed by atoms with van der Waals surface area (Å²) in [4.78, 5) is 22.0. The average molecular weight is 199 g/mol. The summed E-state index contributed by atoms with van der Waals surface area (Å²) < 4.78 is 4.94. The van der Waals surface area contributed by atoms with E-state index in [0.717, 1.165) is 6.42 Å². The summed E-state index contributed by atoms with van der Waals surface area (Å²) in [5.74, 6) is -0.697. The first-order chi connectivity index (χ1) is 6.43. The van der Waals surface area contributed by atoms with E-state index < -0.39 is 5.91 Å². The van der Waals surface area contributed by atoms with E-state index in [0.29, 0.717) is 5.92 Å². The number of carbonyl (C=O) groups excluding carboxylic acids is 2. The lowest BCUT2D eigenvalue weighted by Crippen LogP contribution is -2.52. The second-order valence-corrected chi connectivity index (χ2v) is 4.33. The maximum Gasteiger partial charge on any atom is 0.313 e. The van der Waals surface area contributed by atoms with E-state index in [4.69, 9.17) is 10.5 Å². The van der Waals surface area contributed by atoms with Crippen molar-refractivity contribution in [2.24, 2.45) is 23.5 Å². The topological polar surface area (TPSA) is 69.4 Å². The number of hydrogen-bond donors (Lipinski definition) is 1. The molecule has 0 bridgehead atoms. The third kappa shape index (κ3) is 2.05. The molecule has 80 valence electrons. The molecule has 1 fully saturated rings. The van der Waals surface area contributed by atoms with Gasteiger partial charge in [0.1, 0.15) is 6.10 Å². The maximum atomic E-state index is 11.1. The Hall–Kier alpha value is -1.06. The van der Waals surface area contributed by atoms with Crippen LogP contribution in [0.4, 0.5) is 0 Å². The molecule has 3 atom stereocenters. The van der Waals surface area contributed by atoms with Gasteiger partial charge in [0, 0.05) is 0 Å². The molecule has 1 aliphatic heterocycles. The number of cyclic esters (lactones) is 1. The normalized spacial score (nSPS) is 28.1. The van der Waals surface area contributed by atoms with E-state index in [1.165, 1.54) is 0 Å². The summed E-state index contributed by atoms with van der Waals surface area (Å²) in [7, 11) is 0. The number of amides is 1. The highest BCUT2D eigenvalue weighted by molar-refractivity contribution is 5.83. The van der Waals surface area contributed by atoms with E-state index in [2.05, 4.69) is 0 Å². The number of carbonyl (C=O) groups is 2. The van der Waals surface area contributed by atoms with Gasteiger partial charge in [0.15, 0.2) is 0 Å². The second kappa shape index (κ2) is 3.98. The van der Waals surface area contributed by atoms with Gasteiger partial charge in [0.25, 0.3) is 0 Å². The largest absolute Gasteiger partial charge is 0.460 e. The molecule has 0 saturated carbocycles. The molecular weight excluding hydrogens is 182 g/mol. The Labute approximate surface area is 83.8 Å². The van der Waals surface area contributed by atoms with Gasteiger partial charge < -0.3 is 10.5 Å². The molecule has 0 aromatic heterocycles.